The fourth-order valence-electron chi connectivity index (χ4n) is 1.99. The number of benzene rings is 2. The topological polar surface area (TPSA) is 81.4 Å². The summed E-state index contributed by atoms with van der Waals surface area (Å²) in [7, 11) is 0. The first-order valence-electron chi connectivity index (χ1n) is 7.00. The molecule has 22 heavy (non-hydrogen) atoms. The fraction of sp³-hybridized carbons (Fsp3) is 0.176. The Hall–Kier alpha value is -2.82. The molecule has 0 unspecified atom stereocenters. The zero-order valence-electron chi connectivity index (χ0n) is 12.3. The van der Waals surface area contributed by atoms with Crippen molar-refractivity contribution in [3.05, 3.63) is 65.2 Å². The van der Waals surface area contributed by atoms with Crippen molar-refractivity contribution in [1.29, 1.82) is 0 Å². The second kappa shape index (κ2) is 7.26. The normalized spacial score (nSPS) is 10.0. The molecule has 0 atom stereocenters. The first-order chi connectivity index (χ1) is 10.6. The van der Waals surface area contributed by atoms with Crippen LogP contribution in [-0.4, -0.2) is 18.4 Å². The van der Waals surface area contributed by atoms with E-state index >= 15 is 0 Å². The van der Waals surface area contributed by atoms with Gasteiger partial charge < -0.3 is 15.8 Å². The van der Waals surface area contributed by atoms with Gasteiger partial charge in [-0.1, -0.05) is 12.1 Å². The zero-order valence-corrected chi connectivity index (χ0v) is 12.3. The van der Waals surface area contributed by atoms with E-state index in [0.717, 1.165) is 11.3 Å². The number of hydrogen-bond donors (Lipinski definition) is 2. The molecule has 0 spiro atoms. The average molecular weight is 298 g/mol. The molecule has 0 aromatic heterocycles. The molecule has 3 N–H and O–H groups in total. The molecule has 0 bridgehead atoms. The number of ether oxygens (including phenoxy) is 1. The first-order valence-corrected chi connectivity index (χ1v) is 7.00. The van der Waals surface area contributed by atoms with Crippen LogP contribution in [0.5, 0.6) is 5.75 Å². The summed E-state index contributed by atoms with van der Waals surface area (Å²) in [5, 5.41) is 2.80. The van der Waals surface area contributed by atoms with Gasteiger partial charge in [0, 0.05) is 17.7 Å². The third-order valence-corrected chi connectivity index (χ3v) is 3.09. The molecule has 0 aliphatic rings. The standard InChI is InChI=1S/C17H18N2O3/c1-2-22-15-8-6-13(7-9-15)17(21)19-11-12-4-3-5-14(10-12)16(18)20/h3-10H,2,11H2,1H3,(H2,18,20)(H,19,21). The number of amides is 2. The minimum atomic E-state index is -0.486. The second-order valence-corrected chi connectivity index (χ2v) is 4.70. The Morgan fingerprint density at radius 2 is 1.82 bits per heavy atom. The lowest BCUT2D eigenvalue weighted by Gasteiger charge is -2.07. The van der Waals surface area contributed by atoms with E-state index in [2.05, 4.69) is 5.32 Å². The third kappa shape index (κ3) is 4.09. The maximum Gasteiger partial charge on any atom is 0.251 e. The van der Waals surface area contributed by atoms with Gasteiger partial charge in [-0.3, -0.25) is 9.59 Å². The predicted octanol–water partition coefficient (Wildman–Crippen LogP) is 2.11. The van der Waals surface area contributed by atoms with Gasteiger partial charge in [-0.2, -0.15) is 0 Å². The van der Waals surface area contributed by atoms with Crippen LogP contribution >= 0.6 is 0 Å². The van der Waals surface area contributed by atoms with E-state index < -0.39 is 5.91 Å². The average Bonchev–Trinajstić information content (AvgIpc) is 2.54. The van der Waals surface area contributed by atoms with E-state index in [-0.39, 0.29) is 5.91 Å². The van der Waals surface area contributed by atoms with Crippen molar-refractivity contribution in [2.45, 2.75) is 13.5 Å². The molecule has 0 heterocycles. The molecular weight excluding hydrogens is 280 g/mol. The molecule has 5 heteroatoms. The number of hydrogen-bond acceptors (Lipinski definition) is 3. The summed E-state index contributed by atoms with van der Waals surface area (Å²) in [6.07, 6.45) is 0. The molecule has 0 saturated carbocycles. The molecule has 2 rings (SSSR count). The van der Waals surface area contributed by atoms with Crippen molar-refractivity contribution in [2.24, 2.45) is 5.73 Å². The van der Waals surface area contributed by atoms with Gasteiger partial charge in [0.2, 0.25) is 5.91 Å². The van der Waals surface area contributed by atoms with Crippen molar-refractivity contribution in [3.63, 3.8) is 0 Å². The summed E-state index contributed by atoms with van der Waals surface area (Å²) < 4.78 is 5.33. The van der Waals surface area contributed by atoms with Crippen LogP contribution in [0.15, 0.2) is 48.5 Å². The van der Waals surface area contributed by atoms with Gasteiger partial charge in [-0.15, -0.1) is 0 Å². The number of nitrogens with two attached hydrogens (primary N) is 1. The Bertz CT molecular complexity index is 666. The van der Waals surface area contributed by atoms with Crippen molar-refractivity contribution in [1.82, 2.24) is 5.32 Å². The van der Waals surface area contributed by atoms with E-state index in [1.54, 1.807) is 42.5 Å². The highest BCUT2D eigenvalue weighted by Gasteiger charge is 2.06. The number of primary amides is 1. The first kappa shape index (κ1) is 15.6. The summed E-state index contributed by atoms with van der Waals surface area (Å²) in [6, 6.07) is 13.8. The Balaban J connectivity index is 1.97. The van der Waals surface area contributed by atoms with E-state index in [1.165, 1.54) is 0 Å². The molecule has 0 aliphatic heterocycles. The monoisotopic (exact) mass is 298 g/mol. The van der Waals surface area contributed by atoms with Crippen LogP contribution in [0, 0.1) is 0 Å². The minimum absolute atomic E-state index is 0.187. The van der Waals surface area contributed by atoms with Crippen LogP contribution in [0.2, 0.25) is 0 Å². The Morgan fingerprint density at radius 3 is 2.45 bits per heavy atom. The van der Waals surface area contributed by atoms with Crippen LogP contribution in [-0.2, 0) is 6.54 Å². The fourth-order valence-corrected chi connectivity index (χ4v) is 1.99. The van der Waals surface area contributed by atoms with Crippen molar-refractivity contribution in [3.8, 4) is 5.75 Å². The molecule has 0 aliphatic carbocycles. The second-order valence-electron chi connectivity index (χ2n) is 4.70. The Labute approximate surface area is 129 Å². The molecule has 5 nitrogen and oxygen atoms in total. The highest BCUT2D eigenvalue weighted by atomic mass is 16.5. The quantitative estimate of drug-likeness (QED) is 0.857. The third-order valence-electron chi connectivity index (χ3n) is 3.09. The summed E-state index contributed by atoms with van der Waals surface area (Å²) in [5.41, 5.74) is 7.02. The summed E-state index contributed by atoms with van der Waals surface area (Å²) in [6.45, 7) is 2.82. The largest absolute Gasteiger partial charge is 0.494 e. The van der Waals surface area contributed by atoms with Gasteiger partial charge in [-0.25, -0.2) is 0 Å². The van der Waals surface area contributed by atoms with Gasteiger partial charge in [0.15, 0.2) is 0 Å². The molecule has 0 radical (unpaired) electrons. The summed E-state index contributed by atoms with van der Waals surface area (Å²) in [5.74, 6) is 0.0559. The van der Waals surface area contributed by atoms with Gasteiger partial charge >= 0.3 is 0 Å². The van der Waals surface area contributed by atoms with E-state index in [9.17, 15) is 9.59 Å². The molecule has 2 amide bonds. The summed E-state index contributed by atoms with van der Waals surface area (Å²) >= 11 is 0. The highest BCUT2D eigenvalue weighted by Crippen LogP contribution is 2.12. The maximum atomic E-state index is 12.1. The SMILES string of the molecule is CCOc1ccc(C(=O)NCc2cccc(C(N)=O)c2)cc1. The van der Waals surface area contributed by atoms with Gasteiger partial charge in [0.1, 0.15) is 5.75 Å². The predicted molar refractivity (Wildman–Crippen MR) is 83.7 cm³/mol. The number of nitrogens with one attached hydrogen (secondary N) is 1. The van der Waals surface area contributed by atoms with Crippen LogP contribution in [0.1, 0.15) is 33.2 Å². The van der Waals surface area contributed by atoms with Gasteiger partial charge in [-0.05, 0) is 48.9 Å². The summed E-state index contributed by atoms with van der Waals surface area (Å²) in [4.78, 5) is 23.2. The van der Waals surface area contributed by atoms with Crippen LogP contribution in [0.3, 0.4) is 0 Å². The minimum Gasteiger partial charge on any atom is -0.494 e. The van der Waals surface area contributed by atoms with Crippen LogP contribution in [0.25, 0.3) is 0 Å². The molecule has 0 fully saturated rings. The zero-order chi connectivity index (χ0) is 15.9. The van der Waals surface area contributed by atoms with Crippen molar-refractivity contribution >= 4 is 11.8 Å². The van der Waals surface area contributed by atoms with E-state index in [4.69, 9.17) is 10.5 Å². The Kier molecular flexibility index (Phi) is 5.14. The lowest BCUT2D eigenvalue weighted by Crippen LogP contribution is -2.23. The van der Waals surface area contributed by atoms with Crippen molar-refractivity contribution in [2.75, 3.05) is 6.61 Å². The number of carbonyl (C=O) groups is 2. The number of rotatable bonds is 6. The lowest BCUT2D eigenvalue weighted by atomic mass is 10.1. The van der Waals surface area contributed by atoms with Crippen molar-refractivity contribution < 1.29 is 14.3 Å². The molecule has 114 valence electrons. The highest BCUT2D eigenvalue weighted by molar-refractivity contribution is 5.94. The van der Waals surface area contributed by atoms with Gasteiger partial charge in [0.05, 0.1) is 6.61 Å². The van der Waals surface area contributed by atoms with Crippen LogP contribution in [0.4, 0.5) is 0 Å². The van der Waals surface area contributed by atoms with Crippen LogP contribution < -0.4 is 15.8 Å². The molecule has 2 aromatic carbocycles. The Morgan fingerprint density at radius 1 is 1.09 bits per heavy atom. The lowest BCUT2D eigenvalue weighted by molar-refractivity contribution is 0.0950. The van der Waals surface area contributed by atoms with Gasteiger partial charge in [0.25, 0.3) is 5.91 Å². The van der Waals surface area contributed by atoms with E-state index in [1.807, 2.05) is 13.0 Å². The molecule has 0 saturated heterocycles. The van der Waals surface area contributed by atoms with E-state index in [0.29, 0.717) is 24.3 Å². The smallest absolute Gasteiger partial charge is 0.251 e. The number of carbonyl (C=O) groups excluding carboxylic acids is 2. The molecular formula is C17H18N2O3. The maximum absolute atomic E-state index is 12.1. The molecule has 2 aromatic rings.